The number of fused-ring (bicyclic) bond motifs is 1. The first-order chi connectivity index (χ1) is 13.0. The number of nitrogens with zero attached hydrogens (tertiary/aromatic N) is 4. The number of rotatable bonds is 3. The zero-order chi connectivity index (χ0) is 19.0. The van der Waals surface area contributed by atoms with E-state index in [1.54, 1.807) is 9.58 Å². The van der Waals surface area contributed by atoms with Crippen molar-refractivity contribution in [3.8, 4) is 0 Å². The molecule has 1 spiro atoms. The third-order valence-corrected chi connectivity index (χ3v) is 6.03. The summed E-state index contributed by atoms with van der Waals surface area (Å²) in [6.45, 7) is 2.34. The van der Waals surface area contributed by atoms with Crippen LogP contribution in [-0.4, -0.2) is 69.3 Å². The van der Waals surface area contributed by atoms with E-state index in [9.17, 15) is 14.7 Å². The van der Waals surface area contributed by atoms with Crippen LogP contribution in [0.5, 0.6) is 0 Å². The molecular formula is C20H26N4O3. The number of hydrogen-bond acceptors (Lipinski definition) is 4. The number of benzene rings is 1. The number of β-amino-alcohol motifs (C(OH)–C–C–N with tert-alkyl or cyclic N) is 1. The van der Waals surface area contributed by atoms with Gasteiger partial charge in [0.05, 0.1) is 12.1 Å². The van der Waals surface area contributed by atoms with E-state index in [1.807, 2.05) is 36.2 Å². The summed E-state index contributed by atoms with van der Waals surface area (Å²) in [7, 11) is 1.86. The van der Waals surface area contributed by atoms with Gasteiger partial charge in [0.2, 0.25) is 5.91 Å². The van der Waals surface area contributed by atoms with Crippen molar-refractivity contribution in [1.82, 2.24) is 19.6 Å². The molecule has 7 nitrogen and oxygen atoms in total. The number of carbonyl (C=O) groups is 2. The molecule has 0 unspecified atom stereocenters. The molecule has 0 bridgehead atoms. The first-order valence-electron chi connectivity index (χ1n) is 9.63. The second-order valence-electron chi connectivity index (χ2n) is 7.86. The number of amides is 2. The van der Waals surface area contributed by atoms with Crippen LogP contribution in [0.1, 0.15) is 36.2 Å². The topological polar surface area (TPSA) is 78.7 Å². The number of hydrogen-bond donors (Lipinski definition) is 1. The molecule has 1 atom stereocenters. The highest BCUT2D eigenvalue weighted by atomic mass is 16.3. The molecule has 1 N–H and O–H groups in total. The summed E-state index contributed by atoms with van der Waals surface area (Å²) in [4.78, 5) is 29.0. The predicted molar refractivity (Wildman–Crippen MR) is 101 cm³/mol. The number of para-hydroxylation sites is 1. The third-order valence-electron chi connectivity index (χ3n) is 6.03. The van der Waals surface area contributed by atoms with E-state index in [4.69, 9.17) is 0 Å². The van der Waals surface area contributed by atoms with Gasteiger partial charge in [0.1, 0.15) is 0 Å². The predicted octanol–water partition coefficient (Wildman–Crippen LogP) is 1.41. The van der Waals surface area contributed by atoms with Crippen LogP contribution in [0.15, 0.2) is 24.3 Å². The maximum Gasteiger partial charge on any atom is 0.275 e. The molecule has 0 radical (unpaired) electrons. The second-order valence-corrected chi connectivity index (χ2v) is 7.86. The fourth-order valence-corrected chi connectivity index (χ4v) is 4.66. The first kappa shape index (κ1) is 18.0. The molecule has 2 fully saturated rings. The van der Waals surface area contributed by atoms with Gasteiger partial charge in [-0.15, -0.1) is 0 Å². The average molecular weight is 370 g/mol. The first-order valence-corrected chi connectivity index (χ1v) is 9.63. The summed E-state index contributed by atoms with van der Waals surface area (Å²) in [5, 5.41) is 14.6. The van der Waals surface area contributed by atoms with Gasteiger partial charge in [-0.3, -0.25) is 14.3 Å². The van der Waals surface area contributed by atoms with Crippen LogP contribution in [0.4, 0.5) is 0 Å². The van der Waals surface area contributed by atoms with Crippen molar-refractivity contribution in [3.05, 3.63) is 30.0 Å². The highest BCUT2D eigenvalue weighted by Crippen LogP contribution is 2.39. The monoisotopic (exact) mass is 370 g/mol. The summed E-state index contributed by atoms with van der Waals surface area (Å²) in [5.41, 5.74) is 1.39. The highest BCUT2D eigenvalue weighted by Gasteiger charge is 2.43. The third kappa shape index (κ3) is 3.20. The van der Waals surface area contributed by atoms with Crippen molar-refractivity contribution in [3.63, 3.8) is 0 Å². The highest BCUT2D eigenvalue weighted by molar-refractivity contribution is 6.04. The fraction of sp³-hybridized carbons (Fsp3) is 0.550. The molecule has 0 aliphatic carbocycles. The van der Waals surface area contributed by atoms with Gasteiger partial charge < -0.3 is 14.9 Å². The van der Waals surface area contributed by atoms with E-state index in [0.717, 1.165) is 36.7 Å². The van der Waals surface area contributed by atoms with Crippen molar-refractivity contribution >= 4 is 22.7 Å². The Morgan fingerprint density at radius 2 is 2.07 bits per heavy atom. The van der Waals surface area contributed by atoms with Gasteiger partial charge in [-0.05, 0) is 25.3 Å². The molecule has 7 heteroatoms. The summed E-state index contributed by atoms with van der Waals surface area (Å²) >= 11 is 0. The quantitative estimate of drug-likeness (QED) is 0.886. The standard InChI is InChI=1S/C20H26N4O3/c1-22-16-6-3-2-5-15(16)18(21-22)19(27)24-10-4-8-20(14-24)9-7-17(26)23(13-20)11-12-25/h2-3,5-6,25H,4,7-14H2,1H3/t20-/m1/s1. The van der Waals surface area contributed by atoms with E-state index in [-0.39, 0.29) is 23.8 Å². The number of aliphatic hydroxyl groups is 1. The largest absolute Gasteiger partial charge is 0.395 e. The normalized spacial score (nSPS) is 23.4. The molecule has 3 heterocycles. The Balaban J connectivity index is 1.57. The number of aryl methyl sites for hydroxylation is 1. The Hall–Kier alpha value is -2.41. The van der Waals surface area contributed by atoms with Crippen LogP contribution in [0.2, 0.25) is 0 Å². The SMILES string of the molecule is Cn1nc(C(=O)N2CCC[C@]3(CCC(=O)N(CCO)C3)C2)c2ccccc21. The zero-order valence-electron chi connectivity index (χ0n) is 15.7. The van der Waals surface area contributed by atoms with Gasteiger partial charge >= 0.3 is 0 Å². The van der Waals surface area contributed by atoms with Crippen molar-refractivity contribution < 1.29 is 14.7 Å². The Labute approximate surface area is 158 Å². The van der Waals surface area contributed by atoms with Crippen molar-refractivity contribution in [2.75, 3.05) is 32.8 Å². The lowest BCUT2D eigenvalue weighted by Gasteiger charge is -2.48. The van der Waals surface area contributed by atoms with Crippen LogP contribution in [0.3, 0.4) is 0 Å². The molecular weight excluding hydrogens is 344 g/mol. The van der Waals surface area contributed by atoms with Crippen molar-refractivity contribution in [2.45, 2.75) is 25.7 Å². The van der Waals surface area contributed by atoms with Gasteiger partial charge in [0.15, 0.2) is 5.69 Å². The van der Waals surface area contributed by atoms with Gasteiger partial charge in [0.25, 0.3) is 5.91 Å². The molecule has 1 aromatic carbocycles. The molecule has 2 amide bonds. The molecule has 2 aromatic rings. The van der Waals surface area contributed by atoms with Gasteiger partial charge in [-0.1, -0.05) is 18.2 Å². The minimum atomic E-state index is -0.0679. The Bertz CT molecular complexity index is 877. The van der Waals surface area contributed by atoms with E-state index in [1.165, 1.54) is 0 Å². The lowest BCUT2D eigenvalue weighted by molar-refractivity contribution is -0.139. The molecule has 144 valence electrons. The van der Waals surface area contributed by atoms with E-state index < -0.39 is 0 Å². The van der Waals surface area contributed by atoms with E-state index in [0.29, 0.717) is 31.7 Å². The van der Waals surface area contributed by atoms with Crippen LogP contribution >= 0.6 is 0 Å². The van der Waals surface area contributed by atoms with Gasteiger partial charge in [0, 0.05) is 50.4 Å². The molecule has 1 aromatic heterocycles. The minimum Gasteiger partial charge on any atom is -0.395 e. The lowest BCUT2D eigenvalue weighted by Crippen LogP contribution is -2.55. The Morgan fingerprint density at radius 3 is 2.89 bits per heavy atom. The second kappa shape index (κ2) is 6.96. The van der Waals surface area contributed by atoms with Crippen LogP contribution in [0, 0.1) is 5.41 Å². The smallest absolute Gasteiger partial charge is 0.275 e. The minimum absolute atomic E-state index is 0.0234. The van der Waals surface area contributed by atoms with Gasteiger partial charge in [-0.2, -0.15) is 5.10 Å². The summed E-state index contributed by atoms with van der Waals surface area (Å²) in [5.74, 6) is 0.0744. The Morgan fingerprint density at radius 1 is 1.26 bits per heavy atom. The van der Waals surface area contributed by atoms with E-state index in [2.05, 4.69) is 5.10 Å². The number of aliphatic hydroxyl groups excluding tert-OH is 1. The number of piperidine rings is 2. The van der Waals surface area contributed by atoms with Crippen molar-refractivity contribution in [2.24, 2.45) is 12.5 Å². The van der Waals surface area contributed by atoms with Crippen LogP contribution in [-0.2, 0) is 11.8 Å². The average Bonchev–Trinajstić information content (AvgIpc) is 3.02. The molecule has 4 rings (SSSR count). The molecule has 2 aliphatic heterocycles. The molecule has 0 saturated carbocycles. The number of carbonyl (C=O) groups excluding carboxylic acids is 2. The Kier molecular flexibility index (Phi) is 4.63. The molecule has 2 saturated heterocycles. The maximum atomic E-state index is 13.3. The van der Waals surface area contributed by atoms with Gasteiger partial charge in [-0.25, -0.2) is 0 Å². The number of likely N-dealkylation sites (tertiary alicyclic amines) is 2. The summed E-state index contributed by atoms with van der Waals surface area (Å²) in [6.07, 6.45) is 3.24. The molecule has 27 heavy (non-hydrogen) atoms. The summed E-state index contributed by atoms with van der Waals surface area (Å²) < 4.78 is 1.75. The zero-order valence-corrected chi connectivity index (χ0v) is 15.7. The number of aromatic nitrogens is 2. The van der Waals surface area contributed by atoms with Crippen LogP contribution < -0.4 is 0 Å². The lowest BCUT2D eigenvalue weighted by atomic mass is 9.73. The fourth-order valence-electron chi connectivity index (χ4n) is 4.66. The maximum absolute atomic E-state index is 13.3. The summed E-state index contributed by atoms with van der Waals surface area (Å²) in [6, 6.07) is 7.79. The molecule has 2 aliphatic rings. The van der Waals surface area contributed by atoms with E-state index >= 15 is 0 Å². The van der Waals surface area contributed by atoms with Crippen molar-refractivity contribution in [1.29, 1.82) is 0 Å². The van der Waals surface area contributed by atoms with Crippen LogP contribution in [0.25, 0.3) is 10.9 Å².